The van der Waals surface area contributed by atoms with E-state index in [4.69, 9.17) is 5.11 Å². The zero-order valence-electron chi connectivity index (χ0n) is 11.3. The first-order chi connectivity index (χ1) is 9.38. The molecule has 1 aromatic carbocycles. The molecule has 0 atom stereocenters. The molecule has 2 amide bonds. The summed E-state index contributed by atoms with van der Waals surface area (Å²) in [6, 6.07) is 5.47. The first-order valence-corrected chi connectivity index (χ1v) is 5.94. The van der Waals surface area contributed by atoms with Gasteiger partial charge in [0.05, 0.1) is 0 Å². The molecule has 0 aliphatic carbocycles. The molecule has 3 N–H and O–H groups in total. The SMILES string of the molecule is Cc1ccc(NC(=O)/C=C\C(=O)NCC(=O)O)cc1C. The molecule has 0 fully saturated rings. The van der Waals surface area contributed by atoms with Gasteiger partial charge in [-0.25, -0.2) is 0 Å². The summed E-state index contributed by atoms with van der Waals surface area (Å²) in [5, 5.41) is 13.1. The van der Waals surface area contributed by atoms with E-state index in [-0.39, 0.29) is 0 Å². The summed E-state index contributed by atoms with van der Waals surface area (Å²) in [7, 11) is 0. The molecule has 1 rings (SSSR count). The van der Waals surface area contributed by atoms with Crippen molar-refractivity contribution in [3.8, 4) is 0 Å². The monoisotopic (exact) mass is 276 g/mol. The van der Waals surface area contributed by atoms with Crippen LogP contribution in [0.5, 0.6) is 0 Å². The number of aryl methyl sites for hydroxylation is 2. The molecular weight excluding hydrogens is 260 g/mol. The van der Waals surface area contributed by atoms with Gasteiger partial charge in [-0.05, 0) is 37.1 Å². The van der Waals surface area contributed by atoms with Crippen LogP contribution >= 0.6 is 0 Å². The third kappa shape index (κ3) is 5.34. The lowest BCUT2D eigenvalue weighted by Gasteiger charge is -2.05. The summed E-state index contributed by atoms with van der Waals surface area (Å²) in [4.78, 5) is 32.9. The van der Waals surface area contributed by atoms with E-state index in [1.54, 1.807) is 6.07 Å². The van der Waals surface area contributed by atoms with Crippen LogP contribution in [0.4, 0.5) is 5.69 Å². The number of anilines is 1. The molecule has 0 spiro atoms. The van der Waals surface area contributed by atoms with E-state index in [0.717, 1.165) is 23.3 Å². The second-order valence-electron chi connectivity index (χ2n) is 4.23. The highest BCUT2D eigenvalue weighted by Gasteiger charge is 2.02. The van der Waals surface area contributed by atoms with Gasteiger partial charge in [0.25, 0.3) is 0 Å². The van der Waals surface area contributed by atoms with E-state index in [2.05, 4.69) is 10.6 Å². The summed E-state index contributed by atoms with van der Waals surface area (Å²) in [5.74, 6) is -2.24. The Hall–Kier alpha value is -2.63. The van der Waals surface area contributed by atoms with Crippen LogP contribution in [0, 0.1) is 13.8 Å². The van der Waals surface area contributed by atoms with Crippen LogP contribution in [0.25, 0.3) is 0 Å². The van der Waals surface area contributed by atoms with Crippen molar-refractivity contribution in [1.29, 1.82) is 0 Å². The lowest BCUT2D eigenvalue weighted by molar-refractivity contribution is -0.137. The number of hydrogen-bond donors (Lipinski definition) is 3. The van der Waals surface area contributed by atoms with Gasteiger partial charge in [-0.1, -0.05) is 6.07 Å². The highest BCUT2D eigenvalue weighted by atomic mass is 16.4. The standard InChI is InChI=1S/C14H16N2O4/c1-9-3-4-11(7-10(9)2)16-13(18)6-5-12(17)15-8-14(19)20/h3-7H,8H2,1-2H3,(H,15,17)(H,16,18)(H,19,20)/b6-5-. The van der Waals surface area contributed by atoms with Gasteiger partial charge in [0.15, 0.2) is 0 Å². The van der Waals surface area contributed by atoms with E-state index in [1.165, 1.54) is 0 Å². The predicted octanol–water partition coefficient (Wildman–Crippen LogP) is 0.999. The number of aliphatic carboxylic acids is 1. The molecule has 20 heavy (non-hydrogen) atoms. The van der Waals surface area contributed by atoms with E-state index >= 15 is 0 Å². The highest BCUT2D eigenvalue weighted by Crippen LogP contribution is 2.13. The van der Waals surface area contributed by atoms with Gasteiger partial charge in [0.2, 0.25) is 11.8 Å². The summed E-state index contributed by atoms with van der Waals surface area (Å²) >= 11 is 0. The number of carboxylic acid groups (broad SMARTS) is 1. The maximum atomic E-state index is 11.6. The molecule has 0 radical (unpaired) electrons. The van der Waals surface area contributed by atoms with Crippen molar-refractivity contribution in [2.45, 2.75) is 13.8 Å². The fourth-order valence-electron chi connectivity index (χ4n) is 1.38. The molecule has 0 saturated carbocycles. The van der Waals surface area contributed by atoms with Crippen molar-refractivity contribution in [1.82, 2.24) is 5.32 Å². The van der Waals surface area contributed by atoms with Gasteiger partial charge < -0.3 is 15.7 Å². The lowest BCUT2D eigenvalue weighted by atomic mass is 10.1. The Labute approximate surface area is 116 Å². The number of rotatable bonds is 5. The fourth-order valence-corrected chi connectivity index (χ4v) is 1.38. The van der Waals surface area contributed by atoms with Crippen LogP contribution in [0.2, 0.25) is 0 Å². The number of amides is 2. The zero-order chi connectivity index (χ0) is 15.1. The molecule has 0 aliphatic heterocycles. The molecule has 0 bridgehead atoms. The summed E-state index contributed by atoms with van der Waals surface area (Å²) in [6.45, 7) is 3.41. The quantitative estimate of drug-likeness (QED) is 0.699. The third-order valence-corrected chi connectivity index (χ3v) is 2.57. The number of carboxylic acids is 1. The number of hydrogen-bond acceptors (Lipinski definition) is 3. The summed E-state index contributed by atoms with van der Waals surface area (Å²) in [5.41, 5.74) is 2.80. The predicted molar refractivity (Wildman–Crippen MR) is 74.3 cm³/mol. The van der Waals surface area contributed by atoms with E-state index < -0.39 is 24.3 Å². The first kappa shape index (κ1) is 15.4. The molecule has 0 heterocycles. The number of carbonyl (C=O) groups is 3. The number of carbonyl (C=O) groups excluding carboxylic acids is 2. The topological polar surface area (TPSA) is 95.5 Å². The van der Waals surface area contributed by atoms with Crippen molar-refractivity contribution in [2.24, 2.45) is 0 Å². The van der Waals surface area contributed by atoms with Gasteiger partial charge >= 0.3 is 5.97 Å². The molecule has 1 aromatic rings. The number of benzene rings is 1. The summed E-state index contributed by atoms with van der Waals surface area (Å²) < 4.78 is 0. The van der Waals surface area contributed by atoms with Crippen molar-refractivity contribution < 1.29 is 19.5 Å². The second-order valence-corrected chi connectivity index (χ2v) is 4.23. The number of nitrogens with one attached hydrogen (secondary N) is 2. The van der Waals surface area contributed by atoms with Crippen molar-refractivity contribution in [3.63, 3.8) is 0 Å². The first-order valence-electron chi connectivity index (χ1n) is 5.94. The van der Waals surface area contributed by atoms with Crippen molar-refractivity contribution >= 4 is 23.5 Å². The Balaban J connectivity index is 2.52. The smallest absolute Gasteiger partial charge is 0.322 e. The molecule has 0 aromatic heterocycles. The van der Waals surface area contributed by atoms with Crippen LogP contribution < -0.4 is 10.6 Å². The van der Waals surface area contributed by atoms with Crippen LogP contribution in [-0.4, -0.2) is 29.4 Å². The van der Waals surface area contributed by atoms with Gasteiger partial charge in [0.1, 0.15) is 6.54 Å². The maximum absolute atomic E-state index is 11.6. The molecule has 106 valence electrons. The Bertz CT molecular complexity index is 564. The lowest BCUT2D eigenvalue weighted by Crippen LogP contribution is -2.27. The van der Waals surface area contributed by atoms with Crippen LogP contribution in [0.3, 0.4) is 0 Å². The second kappa shape index (κ2) is 7.08. The largest absolute Gasteiger partial charge is 0.480 e. The normalized spacial score (nSPS) is 10.3. The van der Waals surface area contributed by atoms with Gasteiger partial charge in [-0.3, -0.25) is 14.4 Å². The zero-order valence-corrected chi connectivity index (χ0v) is 11.3. The molecular formula is C14H16N2O4. The van der Waals surface area contributed by atoms with Gasteiger partial charge in [-0.15, -0.1) is 0 Å². The Morgan fingerprint density at radius 3 is 2.35 bits per heavy atom. The molecule has 0 saturated heterocycles. The van der Waals surface area contributed by atoms with Crippen molar-refractivity contribution in [2.75, 3.05) is 11.9 Å². The minimum Gasteiger partial charge on any atom is -0.480 e. The average molecular weight is 276 g/mol. The van der Waals surface area contributed by atoms with Gasteiger partial charge in [0, 0.05) is 17.8 Å². The maximum Gasteiger partial charge on any atom is 0.322 e. The van der Waals surface area contributed by atoms with Crippen LogP contribution in [0.1, 0.15) is 11.1 Å². The fraction of sp³-hybridized carbons (Fsp3) is 0.214. The van der Waals surface area contributed by atoms with Crippen LogP contribution in [0.15, 0.2) is 30.4 Å². The molecule has 6 nitrogen and oxygen atoms in total. The Morgan fingerprint density at radius 1 is 1.10 bits per heavy atom. The molecule has 0 aliphatic rings. The minimum atomic E-state index is -1.15. The van der Waals surface area contributed by atoms with E-state index in [9.17, 15) is 14.4 Å². The third-order valence-electron chi connectivity index (χ3n) is 2.57. The summed E-state index contributed by atoms with van der Waals surface area (Å²) in [6.07, 6.45) is 2.03. The van der Waals surface area contributed by atoms with E-state index in [1.807, 2.05) is 26.0 Å². The highest BCUT2D eigenvalue weighted by molar-refractivity contribution is 6.03. The Morgan fingerprint density at radius 2 is 1.75 bits per heavy atom. The molecule has 0 unspecified atom stereocenters. The average Bonchev–Trinajstić information content (AvgIpc) is 2.38. The molecule has 6 heteroatoms. The van der Waals surface area contributed by atoms with Crippen molar-refractivity contribution in [3.05, 3.63) is 41.5 Å². The minimum absolute atomic E-state index is 0.460. The van der Waals surface area contributed by atoms with E-state index in [0.29, 0.717) is 5.69 Å². The Kier molecular flexibility index (Phi) is 5.46. The van der Waals surface area contributed by atoms with Gasteiger partial charge in [-0.2, -0.15) is 0 Å². The van der Waals surface area contributed by atoms with Crippen LogP contribution in [-0.2, 0) is 14.4 Å².